The molecule has 3 heterocycles. The summed E-state index contributed by atoms with van der Waals surface area (Å²) in [5.41, 5.74) is 4.22. The molecule has 1 amide bonds. The molecule has 0 spiro atoms. The van der Waals surface area contributed by atoms with Crippen LogP contribution in [0.15, 0.2) is 47.6 Å². The number of hydrazone groups is 1. The molecular formula is C22H22F3N5O5. The number of fused-ring (bicyclic) bond motifs is 3. The summed E-state index contributed by atoms with van der Waals surface area (Å²) < 4.78 is 43.8. The third kappa shape index (κ3) is 5.40. The van der Waals surface area contributed by atoms with Gasteiger partial charge in [-0.3, -0.25) is 4.79 Å². The number of aliphatic carboxylic acids is 1. The Kier molecular flexibility index (Phi) is 6.69. The van der Waals surface area contributed by atoms with Gasteiger partial charge in [-0.1, -0.05) is 18.2 Å². The Morgan fingerprint density at radius 2 is 1.94 bits per heavy atom. The molecule has 10 nitrogen and oxygen atoms in total. The molecule has 3 aliphatic rings. The minimum atomic E-state index is -5.08. The van der Waals surface area contributed by atoms with Crippen LogP contribution in [0.1, 0.15) is 6.92 Å². The molecule has 0 aliphatic carbocycles. The van der Waals surface area contributed by atoms with Crippen LogP contribution in [0.25, 0.3) is 0 Å². The van der Waals surface area contributed by atoms with E-state index >= 15 is 0 Å². The summed E-state index contributed by atoms with van der Waals surface area (Å²) in [6.45, 7) is 3.94. The normalized spacial score (nSPS) is 18.9. The number of anilines is 2. The number of hydrogen-bond donors (Lipinski definition) is 4. The number of hydrogen-bond acceptors (Lipinski definition) is 8. The van der Waals surface area contributed by atoms with Crippen molar-refractivity contribution in [2.75, 3.05) is 29.9 Å². The molecule has 4 N–H and O–H groups in total. The summed E-state index contributed by atoms with van der Waals surface area (Å²) in [4.78, 5) is 23.0. The molecule has 0 saturated carbocycles. The lowest BCUT2D eigenvalue weighted by molar-refractivity contribution is -0.192. The van der Waals surface area contributed by atoms with Gasteiger partial charge in [0.2, 0.25) is 0 Å². The standard InChI is InChI=1S/C20H21N5O3.C2HF3O2/c1-12-20(26)24-23-19-11-27-18-8-17(28-14-5-3-2-4-6-14)15(7-16(18)25(12)19)22-13-9-21-10-13;3-2(4,5)1(6)7/h2-8,12-13,21-22H,9-11H2,1H3,(H,24,26);(H,6,7). The average molecular weight is 493 g/mol. The molecule has 35 heavy (non-hydrogen) atoms. The van der Waals surface area contributed by atoms with Gasteiger partial charge in [0.15, 0.2) is 11.6 Å². The van der Waals surface area contributed by atoms with Crippen molar-refractivity contribution in [2.45, 2.75) is 25.2 Å². The van der Waals surface area contributed by atoms with Crippen LogP contribution in [0.2, 0.25) is 0 Å². The summed E-state index contributed by atoms with van der Waals surface area (Å²) in [5.74, 6) is -0.102. The van der Waals surface area contributed by atoms with Crippen LogP contribution in [0.4, 0.5) is 24.5 Å². The number of carbonyl (C=O) groups excluding carboxylic acids is 1. The number of alkyl halides is 3. The second-order valence-corrected chi connectivity index (χ2v) is 7.87. The van der Waals surface area contributed by atoms with E-state index in [-0.39, 0.29) is 11.9 Å². The quantitative estimate of drug-likeness (QED) is 0.512. The lowest BCUT2D eigenvalue weighted by Gasteiger charge is -2.39. The van der Waals surface area contributed by atoms with E-state index in [4.69, 9.17) is 19.4 Å². The maximum absolute atomic E-state index is 12.1. The number of rotatable bonds is 4. The predicted octanol–water partition coefficient (Wildman–Crippen LogP) is 2.53. The third-order valence-electron chi connectivity index (χ3n) is 5.37. The Balaban J connectivity index is 0.000000364. The summed E-state index contributed by atoms with van der Waals surface area (Å²) in [6, 6.07) is 13.5. The molecule has 0 aromatic heterocycles. The van der Waals surface area contributed by atoms with Crippen molar-refractivity contribution in [1.29, 1.82) is 0 Å². The first-order valence-electron chi connectivity index (χ1n) is 10.6. The number of halogens is 3. The van der Waals surface area contributed by atoms with Crippen molar-refractivity contribution < 1.29 is 37.3 Å². The van der Waals surface area contributed by atoms with Gasteiger partial charge in [0, 0.05) is 19.2 Å². The van der Waals surface area contributed by atoms with E-state index in [9.17, 15) is 18.0 Å². The number of benzene rings is 2. The summed E-state index contributed by atoms with van der Waals surface area (Å²) in [7, 11) is 0. The highest BCUT2D eigenvalue weighted by atomic mass is 19.4. The number of carbonyl (C=O) groups is 2. The molecule has 2 aromatic rings. The Labute approximate surface area is 197 Å². The molecule has 1 saturated heterocycles. The molecule has 1 fully saturated rings. The molecule has 2 aromatic carbocycles. The van der Waals surface area contributed by atoms with Crippen LogP contribution in [0, 0.1) is 0 Å². The fraction of sp³-hybridized carbons (Fsp3) is 0.318. The minimum Gasteiger partial charge on any atom is -0.483 e. The van der Waals surface area contributed by atoms with E-state index in [2.05, 4.69) is 21.2 Å². The zero-order valence-corrected chi connectivity index (χ0v) is 18.4. The number of nitrogens with zero attached hydrogens (tertiary/aromatic N) is 2. The van der Waals surface area contributed by atoms with E-state index in [1.807, 2.05) is 54.3 Å². The SMILES string of the molecule is CC1C(=O)NN=C2COc3cc(Oc4ccccc4)c(NC4CNC4)cc3N21.O=C(O)C(F)(F)F. The predicted molar refractivity (Wildman–Crippen MR) is 120 cm³/mol. The molecule has 3 aliphatic heterocycles. The highest BCUT2D eigenvalue weighted by molar-refractivity contribution is 6.09. The van der Waals surface area contributed by atoms with Crippen LogP contribution < -0.4 is 30.4 Å². The number of amides is 1. The maximum Gasteiger partial charge on any atom is 0.490 e. The van der Waals surface area contributed by atoms with Crippen molar-refractivity contribution in [1.82, 2.24) is 10.7 Å². The molecule has 1 unspecified atom stereocenters. The molecule has 0 radical (unpaired) electrons. The van der Waals surface area contributed by atoms with Crippen LogP contribution in [-0.4, -0.2) is 60.8 Å². The van der Waals surface area contributed by atoms with Gasteiger partial charge in [-0.2, -0.15) is 18.3 Å². The summed E-state index contributed by atoms with van der Waals surface area (Å²) in [6.07, 6.45) is -5.08. The molecular weight excluding hydrogens is 471 g/mol. The van der Waals surface area contributed by atoms with Crippen LogP contribution >= 0.6 is 0 Å². The number of ether oxygens (including phenoxy) is 2. The zero-order chi connectivity index (χ0) is 25.2. The molecule has 0 bridgehead atoms. The van der Waals surface area contributed by atoms with Crippen molar-refractivity contribution in [3.05, 3.63) is 42.5 Å². The Hall–Kier alpha value is -4.00. The molecule has 5 rings (SSSR count). The molecule has 13 heteroatoms. The van der Waals surface area contributed by atoms with Gasteiger partial charge in [-0.15, -0.1) is 0 Å². The fourth-order valence-electron chi connectivity index (χ4n) is 3.48. The van der Waals surface area contributed by atoms with E-state index in [1.165, 1.54) is 0 Å². The number of nitrogens with one attached hydrogen (secondary N) is 3. The van der Waals surface area contributed by atoms with Crippen molar-refractivity contribution in [3.8, 4) is 17.2 Å². The third-order valence-corrected chi connectivity index (χ3v) is 5.37. The van der Waals surface area contributed by atoms with Crippen molar-refractivity contribution in [2.24, 2.45) is 5.10 Å². The molecule has 1 atom stereocenters. The van der Waals surface area contributed by atoms with Crippen LogP contribution in [0.5, 0.6) is 17.2 Å². The van der Waals surface area contributed by atoms with Gasteiger partial charge in [-0.25, -0.2) is 10.2 Å². The first-order valence-corrected chi connectivity index (χ1v) is 10.6. The van der Waals surface area contributed by atoms with Crippen molar-refractivity contribution in [3.63, 3.8) is 0 Å². The van der Waals surface area contributed by atoms with Gasteiger partial charge in [-0.05, 0) is 25.1 Å². The first kappa shape index (κ1) is 24.1. The van der Waals surface area contributed by atoms with E-state index in [0.29, 0.717) is 30.0 Å². The highest BCUT2D eigenvalue weighted by Crippen LogP contribution is 2.43. The fourth-order valence-corrected chi connectivity index (χ4v) is 3.48. The maximum atomic E-state index is 12.1. The second-order valence-electron chi connectivity index (χ2n) is 7.87. The van der Waals surface area contributed by atoms with Gasteiger partial charge in [0.1, 0.15) is 24.1 Å². The largest absolute Gasteiger partial charge is 0.490 e. The smallest absolute Gasteiger partial charge is 0.483 e. The Morgan fingerprint density at radius 3 is 2.54 bits per heavy atom. The number of carboxylic acid groups (broad SMARTS) is 1. The van der Waals surface area contributed by atoms with Gasteiger partial charge >= 0.3 is 12.1 Å². The highest BCUT2D eigenvalue weighted by Gasteiger charge is 2.38. The van der Waals surface area contributed by atoms with E-state index in [1.54, 1.807) is 0 Å². The van der Waals surface area contributed by atoms with Gasteiger partial charge < -0.3 is 30.1 Å². The van der Waals surface area contributed by atoms with Crippen molar-refractivity contribution >= 4 is 29.1 Å². The summed E-state index contributed by atoms with van der Waals surface area (Å²) in [5, 5.41) is 18.1. The number of amidine groups is 1. The average Bonchev–Trinajstić information content (AvgIpc) is 2.79. The summed E-state index contributed by atoms with van der Waals surface area (Å²) >= 11 is 0. The zero-order valence-electron chi connectivity index (χ0n) is 18.4. The topological polar surface area (TPSA) is 125 Å². The number of para-hydroxylation sites is 1. The Morgan fingerprint density at radius 1 is 1.26 bits per heavy atom. The first-order chi connectivity index (χ1) is 16.6. The number of carboxylic acids is 1. The lowest BCUT2D eigenvalue weighted by atomic mass is 10.1. The monoisotopic (exact) mass is 493 g/mol. The van der Waals surface area contributed by atoms with Gasteiger partial charge in [0.25, 0.3) is 5.91 Å². The minimum absolute atomic E-state index is 0.140. The van der Waals surface area contributed by atoms with Crippen LogP contribution in [-0.2, 0) is 9.59 Å². The Bertz CT molecular complexity index is 1140. The second kappa shape index (κ2) is 9.70. The van der Waals surface area contributed by atoms with Gasteiger partial charge in [0.05, 0.1) is 17.4 Å². The van der Waals surface area contributed by atoms with E-state index < -0.39 is 12.1 Å². The molecule has 186 valence electrons. The lowest BCUT2D eigenvalue weighted by Crippen LogP contribution is -2.55. The van der Waals surface area contributed by atoms with E-state index in [0.717, 1.165) is 30.2 Å². The van der Waals surface area contributed by atoms with Crippen LogP contribution in [0.3, 0.4) is 0 Å².